The van der Waals surface area contributed by atoms with Crippen LogP contribution in [0.3, 0.4) is 0 Å². The molecule has 2 heterocycles. The third-order valence-electron chi connectivity index (χ3n) is 6.24. The van der Waals surface area contributed by atoms with Crippen LogP contribution >= 0.6 is 0 Å². The third-order valence-corrected chi connectivity index (χ3v) is 6.24. The zero-order valence-electron chi connectivity index (χ0n) is 17.5. The van der Waals surface area contributed by atoms with E-state index in [1.54, 1.807) is 11.8 Å². The number of carbonyl (C=O) groups is 1. The molecule has 0 amide bonds. The van der Waals surface area contributed by atoms with Crippen molar-refractivity contribution in [3.05, 3.63) is 53.4 Å². The summed E-state index contributed by atoms with van der Waals surface area (Å²) in [5.41, 5.74) is 5.17. The van der Waals surface area contributed by atoms with Gasteiger partial charge in [-0.2, -0.15) is 5.10 Å². The second-order valence-electron chi connectivity index (χ2n) is 8.26. The summed E-state index contributed by atoms with van der Waals surface area (Å²) in [6.07, 6.45) is 7.06. The molecule has 5 rings (SSSR count). The molecule has 3 aromatic rings. The monoisotopic (exact) mass is 403 g/mol. The molecule has 2 aliphatic carbocycles. The molecule has 6 nitrogen and oxygen atoms in total. The molecule has 0 bridgehead atoms. The number of ether oxygens (including phenoxy) is 2. The first-order valence-electron chi connectivity index (χ1n) is 10.4. The van der Waals surface area contributed by atoms with Crippen molar-refractivity contribution < 1.29 is 14.3 Å². The molecule has 30 heavy (non-hydrogen) atoms. The fraction of sp³-hybridized carbons (Fsp3) is 0.375. The minimum absolute atomic E-state index is 0.0763. The fourth-order valence-corrected chi connectivity index (χ4v) is 4.53. The predicted molar refractivity (Wildman–Crippen MR) is 115 cm³/mol. The molecule has 0 aliphatic heterocycles. The van der Waals surface area contributed by atoms with Gasteiger partial charge in [-0.15, -0.1) is 0 Å². The number of aromatic nitrogens is 3. The number of allylic oxidation sites excluding steroid dienone is 1. The Labute approximate surface area is 175 Å². The first-order valence-corrected chi connectivity index (χ1v) is 10.4. The van der Waals surface area contributed by atoms with Gasteiger partial charge in [0.2, 0.25) is 5.88 Å². The van der Waals surface area contributed by atoms with Gasteiger partial charge in [-0.3, -0.25) is 9.48 Å². The van der Waals surface area contributed by atoms with E-state index < -0.39 is 0 Å². The Morgan fingerprint density at radius 3 is 2.90 bits per heavy atom. The van der Waals surface area contributed by atoms with Crippen molar-refractivity contribution in [3.8, 4) is 11.6 Å². The van der Waals surface area contributed by atoms with Gasteiger partial charge in [0.05, 0.1) is 23.7 Å². The molecule has 2 aliphatic rings. The summed E-state index contributed by atoms with van der Waals surface area (Å²) >= 11 is 0. The zero-order valence-corrected chi connectivity index (χ0v) is 17.5. The standard InChI is InChI=1S/C24H25N3O3/c1-14(16-4-7-17(28)10-16)30-24-21-13-27(2)26-23(21)12-22(25-24)19-9-6-15-5-8-18(29-3)11-20(15)19/h5,8-9,11-14,16H,4,6-7,10H2,1-3H3/t14-,16+/m1/s1. The summed E-state index contributed by atoms with van der Waals surface area (Å²) in [5, 5.41) is 5.49. The maximum absolute atomic E-state index is 11.7. The summed E-state index contributed by atoms with van der Waals surface area (Å²) in [7, 11) is 3.58. The molecule has 0 saturated heterocycles. The molecule has 154 valence electrons. The van der Waals surface area contributed by atoms with Gasteiger partial charge in [0.1, 0.15) is 17.6 Å². The average Bonchev–Trinajstić information content (AvgIpc) is 3.44. The van der Waals surface area contributed by atoms with E-state index in [0.717, 1.165) is 46.3 Å². The van der Waals surface area contributed by atoms with Gasteiger partial charge in [0.25, 0.3) is 0 Å². The molecule has 1 saturated carbocycles. The molecule has 0 N–H and O–H groups in total. The number of pyridine rings is 1. The number of hydrogen-bond donors (Lipinski definition) is 0. The van der Waals surface area contributed by atoms with Gasteiger partial charge in [-0.1, -0.05) is 12.1 Å². The highest BCUT2D eigenvalue weighted by atomic mass is 16.5. The number of methoxy groups -OCH3 is 1. The van der Waals surface area contributed by atoms with Crippen LogP contribution in [0.5, 0.6) is 11.6 Å². The lowest BCUT2D eigenvalue weighted by atomic mass is 10.0. The van der Waals surface area contributed by atoms with Crippen molar-refractivity contribution in [3.63, 3.8) is 0 Å². The molecule has 1 aromatic carbocycles. The second kappa shape index (κ2) is 7.27. The molecular formula is C24H25N3O3. The summed E-state index contributed by atoms with van der Waals surface area (Å²) in [6.45, 7) is 2.04. The highest BCUT2D eigenvalue weighted by Gasteiger charge is 2.29. The Morgan fingerprint density at radius 1 is 1.27 bits per heavy atom. The van der Waals surface area contributed by atoms with Crippen molar-refractivity contribution in [1.82, 2.24) is 14.8 Å². The van der Waals surface area contributed by atoms with Crippen molar-refractivity contribution >= 4 is 22.3 Å². The van der Waals surface area contributed by atoms with Crippen LogP contribution < -0.4 is 9.47 Å². The quantitative estimate of drug-likeness (QED) is 0.642. The Hall–Kier alpha value is -3.15. The van der Waals surface area contributed by atoms with Crippen LogP contribution in [0.25, 0.3) is 16.5 Å². The lowest BCUT2D eigenvalue weighted by Crippen LogP contribution is -2.22. The highest BCUT2D eigenvalue weighted by Crippen LogP contribution is 2.37. The maximum atomic E-state index is 11.7. The minimum Gasteiger partial charge on any atom is -0.497 e. The Bertz CT molecular complexity index is 1180. The lowest BCUT2D eigenvalue weighted by molar-refractivity contribution is -0.117. The van der Waals surface area contributed by atoms with Crippen molar-refractivity contribution in [2.24, 2.45) is 13.0 Å². The van der Waals surface area contributed by atoms with E-state index in [1.807, 2.05) is 32.3 Å². The van der Waals surface area contributed by atoms with Gasteiger partial charge in [0, 0.05) is 37.6 Å². The van der Waals surface area contributed by atoms with E-state index in [1.165, 1.54) is 5.56 Å². The van der Waals surface area contributed by atoms with Crippen LogP contribution in [0.2, 0.25) is 0 Å². The van der Waals surface area contributed by atoms with Gasteiger partial charge in [0.15, 0.2) is 0 Å². The molecule has 2 atom stereocenters. The Balaban J connectivity index is 1.54. The number of aryl methyl sites for hydroxylation is 1. The van der Waals surface area contributed by atoms with Gasteiger partial charge >= 0.3 is 0 Å². The van der Waals surface area contributed by atoms with E-state index in [2.05, 4.69) is 23.3 Å². The SMILES string of the molecule is COc1ccc2c(c1)C(c1cc3nn(C)cc3c(O[C@H](C)[C@H]3CCC(=O)C3)n1)=CC2. The van der Waals surface area contributed by atoms with Crippen LogP contribution in [0.1, 0.15) is 43.0 Å². The van der Waals surface area contributed by atoms with E-state index in [4.69, 9.17) is 14.5 Å². The molecule has 1 fully saturated rings. The lowest BCUT2D eigenvalue weighted by Gasteiger charge is -2.20. The topological polar surface area (TPSA) is 66.2 Å². The molecule has 0 unspecified atom stereocenters. The summed E-state index contributed by atoms with van der Waals surface area (Å²) in [4.78, 5) is 16.6. The van der Waals surface area contributed by atoms with Crippen molar-refractivity contribution in [2.75, 3.05) is 7.11 Å². The molecule has 2 aromatic heterocycles. The van der Waals surface area contributed by atoms with Crippen molar-refractivity contribution in [2.45, 2.75) is 38.7 Å². The Kier molecular flexibility index (Phi) is 4.57. The van der Waals surface area contributed by atoms with Crippen LogP contribution in [0.4, 0.5) is 0 Å². The Morgan fingerprint density at radius 2 is 2.13 bits per heavy atom. The zero-order chi connectivity index (χ0) is 20.8. The first-order chi connectivity index (χ1) is 14.5. The maximum Gasteiger partial charge on any atom is 0.225 e. The summed E-state index contributed by atoms with van der Waals surface area (Å²) in [5.74, 6) is 1.98. The van der Waals surface area contributed by atoms with E-state index in [0.29, 0.717) is 24.5 Å². The van der Waals surface area contributed by atoms with Crippen LogP contribution in [0.15, 0.2) is 36.5 Å². The highest BCUT2D eigenvalue weighted by molar-refractivity contribution is 5.90. The van der Waals surface area contributed by atoms with Gasteiger partial charge < -0.3 is 9.47 Å². The van der Waals surface area contributed by atoms with E-state index in [-0.39, 0.29) is 12.0 Å². The second-order valence-corrected chi connectivity index (χ2v) is 8.26. The minimum atomic E-state index is -0.0763. The normalized spacial score (nSPS) is 19.1. The molecule has 6 heteroatoms. The van der Waals surface area contributed by atoms with E-state index >= 15 is 0 Å². The fourth-order valence-electron chi connectivity index (χ4n) is 4.53. The number of Topliss-reactive ketones (excluding diaryl/α,β-unsaturated/α-hetero) is 1. The largest absolute Gasteiger partial charge is 0.497 e. The molecular weight excluding hydrogens is 378 g/mol. The number of benzene rings is 1. The number of ketones is 1. The van der Waals surface area contributed by atoms with Gasteiger partial charge in [-0.25, -0.2) is 4.98 Å². The molecule has 0 spiro atoms. The third kappa shape index (κ3) is 3.26. The van der Waals surface area contributed by atoms with Crippen LogP contribution in [0, 0.1) is 5.92 Å². The van der Waals surface area contributed by atoms with Crippen LogP contribution in [-0.4, -0.2) is 33.8 Å². The van der Waals surface area contributed by atoms with Crippen LogP contribution in [-0.2, 0) is 18.3 Å². The predicted octanol–water partition coefficient (Wildman–Crippen LogP) is 4.10. The number of fused-ring (bicyclic) bond motifs is 2. The molecule has 0 radical (unpaired) electrons. The summed E-state index contributed by atoms with van der Waals surface area (Å²) < 4.78 is 13.5. The van der Waals surface area contributed by atoms with Gasteiger partial charge in [-0.05, 0) is 49.1 Å². The first kappa shape index (κ1) is 18.9. The number of carbonyl (C=O) groups excluding carboxylic acids is 1. The number of hydrogen-bond acceptors (Lipinski definition) is 5. The van der Waals surface area contributed by atoms with Crippen molar-refractivity contribution in [1.29, 1.82) is 0 Å². The summed E-state index contributed by atoms with van der Waals surface area (Å²) in [6, 6.07) is 8.18. The number of rotatable bonds is 5. The van der Waals surface area contributed by atoms with E-state index in [9.17, 15) is 4.79 Å². The number of nitrogens with zero attached hydrogens (tertiary/aromatic N) is 3. The smallest absolute Gasteiger partial charge is 0.225 e. The average molecular weight is 403 g/mol.